The van der Waals surface area contributed by atoms with E-state index in [1.54, 1.807) is 19.2 Å². The van der Waals surface area contributed by atoms with Gasteiger partial charge in [0.1, 0.15) is 5.75 Å². The van der Waals surface area contributed by atoms with Gasteiger partial charge in [-0.25, -0.2) is 0 Å². The molecule has 0 aromatic heterocycles. The molecule has 0 radical (unpaired) electrons. The van der Waals surface area contributed by atoms with Crippen LogP contribution in [0.1, 0.15) is 35.4 Å². The number of nitrogens with one attached hydrogen (secondary N) is 1. The van der Waals surface area contributed by atoms with Crippen molar-refractivity contribution in [2.75, 3.05) is 26.7 Å². The quantitative estimate of drug-likeness (QED) is 0.789. The van der Waals surface area contributed by atoms with Crippen LogP contribution in [0.3, 0.4) is 0 Å². The summed E-state index contributed by atoms with van der Waals surface area (Å²) >= 11 is 0. The number of benzene rings is 2. The number of carbonyl (C=O) groups is 1. The number of likely N-dealkylation sites (tertiary alicyclic amines) is 1. The molecular weight excluding hydrogens is 340 g/mol. The molecule has 1 fully saturated rings. The molecule has 1 amide bonds. The van der Waals surface area contributed by atoms with Gasteiger partial charge in [0.05, 0.1) is 13.2 Å². The molecule has 0 aliphatic carbocycles. The van der Waals surface area contributed by atoms with E-state index in [2.05, 4.69) is 10.2 Å². The van der Waals surface area contributed by atoms with Crippen molar-refractivity contribution < 1.29 is 14.6 Å². The molecule has 5 nitrogen and oxygen atoms in total. The number of aromatic hydroxyl groups is 1. The van der Waals surface area contributed by atoms with Gasteiger partial charge >= 0.3 is 0 Å². The zero-order chi connectivity index (χ0) is 19.1. The summed E-state index contributed by atoms with van der Waals surface area (Å²) in [4.78, 5) is 14.5. The van der Waals surface area contributed by atoms with Crippen LogP contribution in [-0.2, 0) is 22.7 Å². The fourth-order valence-corrected chi connectivity index (χ4v) is 3.65. The summed E-state index contributed by atoms with van der Waals surface area (Å²) < 4.78 is 5.22. The Bertz CT molecular complexity index is 737. The summed E-state index contributed by atoms with van der Waals surface area (Å²) in [5.41, 5.74) is 3.47. The van der Waals surface area contributed by atoms with Crippen LogP contribution < -0.4 is 5.32 Å². The topological polar surface area (TPSA) is 61.8 Å². The lowest BCUT2D eigenvalue weighted by Crippen LogP contribution is -2.41. The zero-order valence-corrected chi connectivity index (χ0v) is 15.9. The largest absolute Gasteiger partial charge is 0.508 e. The number of hydrogen-bond acceptors (Lipinski definition) is 4. The normalized spacial score (nSPS) is 15.6. The molecule has 1 heterocycles. The molecule has 27 heavy (non-hydrogen) atoms. The lowest BCUT2D eigenvalue weighted by Gasteiger charge is -2.31. The van der Waals surface area contributed by atoms with Crippen molar-refractivity contribution >= 4 is 5.91 Å². The van der Waals surface area contributed by atoms with Gasteiger partial charge in [0, 0.05) is 13.7 Å². The van der Waals surface area contributed by atoms with Crippen LogP contribution in [0, 0.1) is 0 Å². The Labute approximate surface area is 161 Å². The highest BCUT2D eigenvalue weighted by molar-refractivity contribution is 5.78. The second-order valence-electron chi connectivity index (χ2n) is 7.12. The van der Waals surface area contributed by atoms with Crippen molar-refractivity contribution in [3.05, 3.63) is 65.2 Å². The van der Waals surface area contributed by atoms with Crippen LogP contribution in [-0.4, -0.2) is 42.7 Å². The minimum Gasteiger partial charge on any atom is -0.508 e. The molecule has 3 rings (SSSR count). The van der Waals surface area contributed by atoms with Gasteiger partial charge in [-0.15, -0.1) is 0 Å². The highest BCUT2D eigenvalue weighted by Crippen LogP contribution is 2.28. The Balaban J connectivity index is 1.44. The maximum absolute atomic E-state index is 12.3. The van der Waals surface area contributed by atoms with Gasteiger partial charge in [-0.05, 0) is 60.7 Å². The zero-order valence-electron chi connectivity index (χ0n) is 15.9. The van der Waals surface area contributed by atoms with Gasteiger partial charge < -0.3 is 15.2 Å². The predicted octanol–water partition coefficient (Wildman–Crippen LogP) is 3.03. The Hall–Kier alpha value is -2.37. The molecule has 144 valence electrons. The van der Waals surface area contributed by atoms with E-state index >= 15 is 0 Å². The molecule has 2 aromatic carbocycles. The van der Waals surface area contributed by atoms with Crippen molar-refractivity contribution in [3.8, 4) is 5.75 Å². The molecule has 1 saturated heterocycles. The number of phenols is 1. The number of phenolic OH excluding ortho intramolecular Hbond substituents is 1. The number of carbonyl (C=O) groups excluding carboxylic acids is 1. The summed E-state index contributed by atoms with van der Waals surface area (Å²) in [6, 6.07) is 15.5. The van der Waals surface area contributed by atoms with E-state index in [9.17, 15) is 9.90 Å². The smallest absolute Gasteiger partial charge is 0.234 e. The third kappa shape index (κ3) is 5.55. The van der Waals surface area contributed by atoms with Gasteiger partial charge in [0.25, 0.3) is 0 Å². The number of nitrogens with zero attached hydrogens (tertiary/aromatic N) is 1. The minimum atomic E-state index is 0.0605. The second kappa shape index (κ2) is 9.53. The Morgan fingerprint density at radius 3 is 2.44 bits per heavy atom. The van der Waals surface area contributed by atoms with Crippen LogP contribution in [0.2, 0.25) is 0 Å². The molecule has 0 bridgehead atoms. The summed E-state index contributed by atoms with van der Waals surface area (Å²) in [7, 11) is 1.68. The van der Waals surface area contributed by atoms with Crippen molar-refractivity contribution in [2.45, 2.75) is 31.9 Å². The number of piperidine rings is 1. The first kappa shape index (κ1) is 19.4. The summed E-state index contributed by atoms with van der Waals surface area (Å²) in [6.45, 7) is 3.35. The van der Waals surface area contributed by atoms with Crippen LogP contribution in [0.4, 0.5) is 0 Å². The molecule has 0 saturated carbocycles. The number of hydrogen-bond donors (Lipinski definition) is 2. The fraction of sp³-hybridized carbons (Fsp3) is 0.409. The molecule has 2 N–H and O–H groups in total. The number of ether oxygens (including phenoxy) is 1. The van der Waals surface area contributed by atoms with Gasteiger partial charge in [0.2, 0.25) is 5.91 Å². The van der Waals surface area contributed by atoms with Gasteiger partial charge in [-0.2, -0.15) is 0 Å². The highest BCUT2D eigenvalue weighted by atomic mass is 16.5. The minimum absolute atomic E-state index is 0.0605. The van der Waals surface area contributed by atoms with Crippen LogP contribution in [0.15, 0.2) is 48.5 Å². The van der Waals surface area contributed by atoms with Gasteiger partial charge in [-0.3, -0.25) is 9.69 Å². The summed E-state index contributed by atoms with van der Waals surface area (Å²) in [5, 5.41) is 12.4. The van der Waals surface area contributed by atoms with E-state index in [0.29, 0.717) is 31.4 Å². The molecular formula is C22H28N2O3. The maximum Gasteiger partial charge on any atom is 0.234 e. The average Bonchev–Trinajstić information content (AvgIpc) is 2.69. The fourth-order valence-electron chi connectivity index (χ4n) is 3.65. The van der Waals surface area contributed by atoms with E-state index < -0.39 is 0 Å². The molecule has 1 aliphatic heterocycles. The third-order valence-electron chi connectivity index (χ3n) is 5.21. The Kier molecular flexibility index (Phi) is 6.85. The monoisotopic (exact) mass is 368 g/mol. The summed E-state index contributed by atoms with van der Waals surface area (Å²) in [5.74, 6) is 0.871. The standard InChI is InChI=1S/C22H28N2O3/c1-27-16-20-5-3-2-4-19(20)14-23-22(26)15-24-12-10-18(11-13-24)17-6-8-21(25)9-7-17/h2-9,18,25H,10-16H2,1H3,(H,23,26). The van der Waals surface area contributed by atoms with Gasteiger partial charge in [-0.1, -0.05) is 36.4 Å². The van der Waals surface area contributed by atoms with E-state index in [-0.39, 0.29) is 5.91 Å². The lowest BCUT2D eigenvalue weighted by molar-refractivity contribution is -0.122. The molecule has 0 unspecified atom stereocenters. The third-order valence-corrected chi connectivity index (χ3v) is 5.21. The van der Waals surface area contributed by atoms with Crippen molar-refractivity contribution in [3.63, 3.8) is 0 Å². The van der Waals surface area contributed by atoms with Crippen molar-refractivity contribution in [1.29, 1.82) is 0 Å². The molecule has 2 aromatic rings. The number of amides is 1. The van der Waals surface area contributed by atoms with Gasteiger partial charge in [0.15, 0.2) is 0 Å². The first-order valence-corrected chi connectivity index (χ1v) is 9.49. The van der Waals surface area contributed by atoms with Crippen LogP contribution >= 0.6 is 0 Å². The molecule has 5 heteroatoms. The second-order valence-corrected chi connectivity index (χ2v) is 7.12. The predicted molar refractivity (Wildman–Crippen MR) is 106 cm³/mol. The molecule has 1 aliphatic rings. The summed E-state index contributed by atoms with van der Waals surface area (Å²) in [6.07, 6.45) is 2.07. The molecule has 0 spiro atoms. The highest BCUT2D eigenvalue weighted by Gasteiger charge is 2.22. The SMILES string of the molecule is COCc1ccccc1CNC(=O)CN1CCC(c2ccc(O)cc2)CC1. The van der Waals surface area contributed by atoms with Crippen LogP contribution in [0.25, 0.3) is 0 Å². The van der Waals surface area contributed by atoms with E-state index in [1.807, 2.05) is 36.4 Å². The van der Waals surface area contributed by atoms with E-state index in [0.717, 1.165) is 37.1 Å². The van der Waals surface area contributed by atoms with Crippen molar-refractivity contribution in [1.82, 2.24) is 10.2 Å². The first-order chi connectivity index (χ1) is 13.2. The van der Waals surface area contributed by atoms with E-state index in [4.69, 9.17) is 4.74 Å². The Morgan fingerprint density at radius 2 is 1.78 bits per heavy atom. The number of rotatable bonds is 7. The lowest BCUT2D eigenvalue weighted by atomic mass is 9.89. The first-order valence-electron chi connectivity index (χ1n) is 9.49. The Morgan fingerprint density at radius 1 is 1.11 bits per heavy atom. The molecule has 0 atom stereocenters. The maximum atomic E-state index is 12.3. The average molecular weight is 368 g/mol. The van der Waals surface area contributed by atoms with E-state index in [1.165, 1.54) is 5.56 Å². The van der Waals surface area contributed by atoms with Crippen molar-refractivity contribution in [2.24, 2.45) is 0 Å². The van der Waals surface area contributed by atoms with Crippen LogP contribution in [0.5, 0.6) is 5.75 Å². The number of methoxy groups -OCH3 is 1.